The fourth-order valence-electron chi connectivity index (χ4n) is 4.24. The number of nitrogens with one attached hydrogen (secondary N) is 1. The Morgan fingerprint density at radius 3 is 2.38 bits per heavy atom. The highest BCUT2D eigenvalue weighted by molar-refractivity contribution is 6.30. The number of fused-ring (bicyclic) bond motifs is 1. The molecule has 4 rings (SSSR count). The van der Waals surface area contributed by atoms with Crippen molar-refractivity contribution in [2.75, 3.05) is 35.3 Å². The number of nitrogens with zero attached hydrogens (tertiary/aromatic N) is 2. The highest BCUT2D eigenvalue weighted by atomic mass is 35.5. The van der Waals surface area contributed by atoms with E-state index in [1.54, 1.807) is 21.9 Å². The van der Waals surface area contributed by atoms with Gasteiger partial charge in [0.1, 0.15) is 0 Å². The predicted molar refractivity (Wildman–Crippen MR) is 131 cm³/mol. The minimum atomic E-state index is -0.308. The van der Waals surface area contributed by atoms with Crippen molar-refractivity contribution in [1.82, 2.24) is 0 Å². The molecule has 0 radical (unpaired) electrons. The van der Waals surface area contributed by atoms with Gasteiger partial charge in [-0.05, 0) is 73.5 Å². The van der Waals surface area contributed by atoms with Crippen LogP contribution in [-0.2, 0) is 4.79 Å². The first-order valence-electron chi connectivity index (χ1n) is 10.8. The van der Waals surface area contributed by atoms with Crippen molar-refractivity contribution in [1.29, 1.82) is 0 Å². The Balaban J connectivity index is 1.63. The minimum Gasteiger partial charge on any atom is -0.388 e. The second kappa shape index (κ2) is 9.45. The topological polar surface area (TPSA) is 52.7 Å². The number of likely N-dealkylation sites (N-methyl/N-ethyl adjacent to an activating group) is 1. The van der Waals surface area contributed by atoms with Crippen LogP contribution in [0, 0.1) is 0 Å². The van der Waals surface area contributed by atoms with E-state index >= 15 is 0 Å². The number of hydrogen-bond acceptors (Lipinski definition) is 3. The summed E-state index contributed by atoms with van der Waals surface area (Å²) in [6.07, 6.45) is 0.570. The third-order valence-corrected chi connectivity index (χ3v) is 6.18. The van der Waals surface area contributed by atoms with E-state index in [0.717, 1.165) is 22.6 Å². The number of rotatable bonds is 5. The minimum absolute atomic E-state index is 0.0349. The molecule has 3 aromatic carbocycles. The van der Waals surface area contributed by atoms with Crippen molar-refractivity contribution < 1.29 is 9.59 Å². The average Bonchev–Trinajstić information content (AvgIpc) is 2.84. The van der Waals surface area contributed by atoms with E-state index in [1.165, 1.54) is 0 Å². The first-order chi connectivity index (χ1) is 15.5. The van der Waals surface area contributed by atoms with Gasteiger partial charge in [0.2, 0.25) is 5.91 Å². The third-order valence-electron chi connectivity index (χ3n) is 5.93. The van der Waals surface area contributed by atoms with Crippen molar-refractivity contribution in [3.8, 4) is 0 Å². The van der Waals surface area contributed by atoms with Gasteiger partial charge in [-0.25, -0.2) is 0 Å². The van der Waals surface area contributed by atoms with Gasteiger partial charge in [-0.15, -0.1) is 0 Å². The molecule has 0 unspecified atom stereocenters. The molecule has 0 bridgehead atoms. The van der Waals surface area contributed by atoms with Crippen LogP contribution >= 0.6 is 11.6 Å². The van der Waals surface area contributed by atoms with Crippen LogP contribution in [0.1, 0.15) is 35.2 Å². The largest absolute Gasteiger partial charge is 0.388 e. The normalized spacial score (nSPS) is 15.1. The van der Waals surface area contributed by atoms with Crippen LogP contribution in [0.2, 0.25) is 5.02 Å². The molecule has 1 N–H and O–H groups in total. The van der Waals surface area contributed by atoms with Crippen LogP contribution < -0.4 is 15.1 Å². The van der Waals surface area contributed by atoms with Crippen LogP contribution in [0.4, 0.5) is 17.1 Å². The zero-order valence-electron chi connectivity index (χ0n) is 18.2. The summed E-state index contributed by atoms with van der Waals surface area (Å²) >= 11 is 6.02. The highest BCUT2D eigenvalue weighted by Gasteiger charge is 2.35. The lowest BCUT2D eigenvalue weighted by molar-refractivity contribution is -0.120. The molecular weight excluding hydrogens is 422 g/mol. The second-order valence-corrected chi connectivity index (χ2v) is 8.18. The fraction of sp³-hybridized carbons (Fsp3) is 0.231. The van der Waals surface area contributed by atoms with Crippen molar-refractivity contribution >= 4 is 40.5 Å². The summed E-state index contributed by atoms with van der Waals surface area (Å²) in [7, 11) is 1.85. The van der Waals surface area contributed by atoms with E-state index in [1.807, 2.05) is 74.6 Å². The van der Waals surface area contributed by atoms with Gasteiger partial charge in [-0.3, -0.25) is 9.59 Å². The number of hydrogen-bond donors (Lipinski definition) is 1. The maximum Gasteiger partial charge on any atom is 0.258 e. The Morgan fingerprint density at radius 1 is 1.03 bits per heavy atom. The van der Waals surface area contributed by atoms with Gasteiger partial charge in [-0.2, -0.15) is 0 Å². The van der Waals surface area contributed by atoms with E-state index < -0.39 is 0 Å². The number of anilines is 3. The smallest absolute Gasteiger partial charge is 0.258 e. The van der Waals surface area contributed by atoms with E-state index in [2.05, 4.69) is 5.32 Å². The summed E-state index contributed by atoms with van der Waals surface area (Å²) in [6, 6.07) is 22.5. The molecular formula is C26H26ClN3O2. The molecule has 0 saturated heterocycles. The summed E-state index contributed by atoms with van der Waals surface area (Å²) in [4.78, 5) is 30.4. The molecule has 0 spiro atoms. The lowest BCUT2D eigenvalue weighted by Crippen LogP contribution is -2.42. The molecule has 1 aliphatic heterocycles. The van der Waals surface area contributed by atoms with Gasteiger partial charge in [0, 0.05) is 47.8 Å². The molecule has 0 aromatic heterocycles. The third kappa shape index (κ3) is 4.21. The number of amides is 2. The first-order valence-corrected chi connectivity index (χ1v) is 11.2. The van der Waals surface area contributed by atoms with Crippen LogP contribution in [0.15, 0.2) is 72.8 Å². The molecule has 0 aliphatic carbocycles. The Bertz CT molecular complexity index is 1110. The van der Waals surface area contributed by atoms with Crippen LogP contribution in [0.3, 0.4) is 0 Å². The molecule has 2 amide bonds. The number of benzene rings is 3. The molecule has 3 aromatic rings. The number of carbonyl (C=O) groups is 2. The summed E-state index contributed by atoms with van der Waals surface area (Å²) in [5, 5.41) is 3.70. The molecule has 0 saturated carbocycles. The summed E-state index contributed by atoms with van der Waals surface area (Å²) in [5.41, 5.74) is 4.08. The number of carbonyl (C=O) groups excluding carboxylic acids is 2. The second-order valence-electron chi connectivity index (χ2n) is 7.74. The molecule has 1 aliphatic rings. The van der Waals surface area contributed by atoms with Gasteiger partial charge >= 0.3 is 0 Å². The van der Waals surface area contributed by atoms with Crippen molar-refractivity contribution in [3.63, 3.8) is 0 Å². The maximum atomic E-state index is 13.6. The molecule has 6 heteroatoms. The van der Waals surface area contributed by atoms with E-state index in [9.17, 15) is 9.59 Å². The summed E-state index contributed by atoms with van der Waals surface area (Å²) < 4.78 is 0. The van der Waals surface area contributed by atoms with Crippen LogP contribution in [-0.4, -0.2) is 32.0 Å². The first kappa shape index (κ1) is 21.9. The maximum absolute atomic E-state index is 13.6. The molecule has 1 atom stereocenters. The van der Waals surface area contributed by atoms with Crippen LogP contribution in [0.5, 0.6) is 0 Å². The monoisotopic (exact) mass is 447 g/mol. The Hall–Kier alpha value is -3.31. The number of halogens is 1. The average molecular weight is 448 g/mol. The Labute approximate surface area is 193 Å². The van der Waals surface area contributed by atoms with E-state index in [4.69, 9.17) is 11.6 Å². The standard InChI is InChI=1S/C26H26ClN3O2/c1-3-29(21-14-10-19(27)11-15-21)26(32)23-16-17-30(24-7-5-4-6-22(23)24)25(31)18-8-12-20(28-2)13-9-18/h4-15,23,28H,3,16-17H2,1-2H3/t23-/m0/s1. The molecule has 32 heavy (non-hydrogen) atoms. The SMILES string of the molecule is CCN(C(=O)[C@H]1CCN(C(=O)c2ccc(NC)cc2)c2ccccc21)c1ccc(Cl)cc1. The molecule has 164 valence electrons. The van der Waals surface area contributed by atoms with Crippen molar-refractivity contribution in [2.24, 2.45) is 0 Å². The van der Waals surface area contributed by atoms with Gasteiger partial charge in [0.25, 0.3) is 5.91 Å². The fourth-order valence-corrected chi connectivity index (χ4v) is 4.37. The number of para-hydroxylation sites is 1. The predicted octanol–water partition coefficient (Wildman–Crippen LogP) is 5.57. The summed E-state index contributed by atoms with van der Waals surface area (Å²) in [5.74, 6) is -0.332. The molecule has 5 nitrogen and oxygen atoms in total. The lowest BCUT2D eigenvalue weighted by atomic mass is 9.88. The van der Waals surface area contributed by atoms with Gasteiger partial charge < -0.3 is 15.1 Å². The molecule has 1 heterocycles. The quantitative estimate of drug-likeness (QED) is 0.556. The zero-order chi connectivity index (χ0) is 22.7. The zero-order valence-corrected chi connectivity index (χ0v) is 19.0. The van der Waals surface area contributed by atoms with Crippen molar-refractivity contribution in [3.05, 3.63) is 88.9 Å². The Morgan fingerprint density at radius 2 is 1.72 bits per heavy atom. The van der Waals surface area contributed by atoms with Crippen LogP contribution in [0.25, 0.3) is 0 Å². The highest BCUT2D eigenvalue weighted by Crippen LogP contribution is 2.38. The van der Waals surface area contributed by atoms with Gasteiger partial charge in [0.15, 0.2) is 0 Å². The van der Waals surface area contributed by atoms with E-state index in [0.29, 0.717) is 30.1 Å². The van der Waals surface area contributed by atoms with Crippen molar-refractivity contribution in [2.45, 2.75) is 19.3 Å². The lowest BCUT2D eigenvalue weighted by Gasteiger charge is -2.36. The Kier molecular flexibility index (Phi) is 6.47. The summed E-state index contributed by atoms with van der Waals surface area (Å²) in [6.45, 7) is 3.00. The molecule has 0 fully saturated rings. The van der Waals surface area contributed by atoms with Gasteiger partial charge in [-0.1, -0.05) is 29.8 Å². The van der Waals surface area contributed by atoms with E-state index in [-0.39, 0.29) is 17.7 Å². The van der Waals surface area contributed by atoms with Gasteiger partial charge in [0.05, 0.1) is 5.92 Å².